The first kappa shape index (κ1) is 23.1. The zero-order valence-corrected chi connectivity index (χ0v) is 18.7. The van der Waals surface area contributed by atoms with Gasteiger partial charge in [0.05, 0.1) is 17.7 Å². The van der Waals surface area contributed by atoms with Gasteiger partial charge in [-0.1, -0.05) is 37.6 Å². The van der Waals surface area contributed by atoms with Crippen LogP contribution < -0.4 is 20.1 Å². The minimum absolute atomic E-state index is 0.177. The van der Waals surface area contributed by atoms with Gasteiger partial charge in [0.15, 0.2) is 0 Å². The summed E-state index contributed by atoms with van der Waals surface area (Å²) in [6.07, 6.45) is 1.56. The molecule has 2 aromatic carbocycles. The molecular formula is C24H24ClN3O4. The Bertz CT molecular complexity index is 1090. The molecule has 1 heterocycles. The molecule has 7 nitrogen and oxygen atoms in total. The van der Waals surface area contributed by atoms with Crippen LogP contribution in [0.15, 0.2) is 66.9 Å². The number of ether oxygens (including phenoxy) is 2. The van der Waals surface area contributed by atoms with Gasteiger partial charge in [0.1, 0.15) is 23.2 Å². The van der Waals surface area contributed by atoms with E-state index in [2.05, 4.69) is 15.6 Å². The third kappa shape index (κ3) is 5.76. The van der Waals surface area contributed by atoms with E-state index in [9.17, 15) is 9.59 Å². The lowest BCUT2D eigenvalue weighted by Crippen LogP contribution is -2.47. The van der Waals surface area contributed by atoms with Crippen molar-refractivity contribution >= 4 is 29.1 Å². The first-order valence-corrected chi connectivity index (χ1v) is 10.4. The minimum Gasteiger partial charge on any atom is -0.497 e. The average Bonchev–Trinajstić information content (AvgIpc) is 2.79. The maximum absolute atomic E-state index is 13.0. The van der Waals surface area contributed by atoms with Crippen molar-refractivity contribution in [2.24, 2.45) is 5.92 Å². The van der Waals surface area contributed by atoms with Gasteiger partial charge in [0.25, 0.3) is 5.91 Å². The lowest BCUT2D eigenvalue weighted by Gasteiger charge is -2.22. The third-order valence-electron chi connectivity index (χ3n) is 4.66. The maximum atomic E-state index is 13.0. The Balaban J connectivity index is 1.75. The Morgan fingerprint density at radius 2 is 1.66 bits per heavy atom. The van der Waals surface area contributed by atoms with Gasteiger partial charge in [-0.05, 0) is 54.4 Å². The number of pyridine rings is 1. The van der Waals surface area contributed by atoms with Gasteiger partial charge >= 0.3 is 0 Å². The molecule has 166 valence electrons. The van der Waals surface area contributed by atoms with E-state index in [1.54, 1.807) is 74.0 Å². The van der Waals surface area contributed by atoms with Gasteiger partial charge in [0, 0.05) is 6.20 Å². The largest absolute Gasteiger partial charge is 0.497 e. The zero-order chi connectivity index (χ0) is 23.1. The monoisotopic (exact) mass is 453 g/mol. The highest BCUT2D eigenvalue weighted by Gasteiger charge is 2.26. The first-order chi connectivity index (χ1) is 15.4. The van der Waals surface area contributed by atoms with Gasteiger partial charge in [-0.3, -0.25) is 9.59 Å². The summed E-state index contributed by atoms with van der Waals surface area (Å²) >= 11 is 6.11. The van der Waals surface area contributed by atoms with Crippen LogP contribution in [-0.4, -0.2) is 29.9 Å². The van der Waals surface area contributed by atoms with Crippen molar-refractivity contribution in [3.63, 3.8) is 0 Å². The number of anilines is 1. The number of methoxy groups -OCH3 is 1. The second-order valence-corrected chi connectivity index (χ2v) is 7.71. The number of halogens is 1. The number of amides is 2. The lowest BCUT2D eigenvalue weighted by molar-refractivity contribution is -0.118. The Morgan fingerprint density at radius 1 is 0.969 bits per heavy atom. The molecule has 1 atom stereocenters. The summed E-state index contributed by atoms with van der Waals surface area (Å²) in [5.74, 6) is 0.460. The van der Waals surface area contributed by atoms with Crippen LogP contribution in [0, 0.1) is 5.92 Å². The van der Waals surface area contributed by atoms with E-state index in [4.69, 9.17) is 21.1 Å². The summed E-state index contributed by atoms with van der Waals surface area (Å²) < 4.78 is 11.0. The number of nitrogens with one attached hydrogen (secondary N) is 2. The highest BCUT2D eigenvalue weighted by atomic mass is 35.5. The Morgan fingerprint density at radius 3 is 2.31 bits per heavy atom. The number of carbonyl (C=O) groups excluding carboxylic acids is 2. The quantitative estimate of drug-likeness (QED) is 0.504. The van der Waals surface area contributed by atoms with E-state index in [-0.39, 0.29) is 11.8 Å². The predicted octanol–water partition coefficient (Wildman–Crippen LogP) is 4.93. The van der Waals surface area contributed by atoms with Crippen molar-refractivity contribution in [3.8, 4) is 17.4 Å². The molecule has 0 fully saturated rings. The number of rotatable bonds is 8. The first-order valence-electron chi connectivity index (χ1n) is 10.0. The minimum atomic E-state index is -0.798. The molecule has 3 rings (SSSR count). The molecule has 0 aliphatic rings. The summed E-state index contributed by atoms with van der Waals surface area (Å²) in [5, 5.41) is 5.89. The molecule has 0 saturated heterocycles. The van der Waals surface area contributed by atoms with Crippen LogP contribution in [0.1, 0.15) is 24.2 Å². The molecule has 32 heavy (non-hydrogen) atoms. The smallest absolute Gasteiger partial charge is 0.253 e. The second kappa shape index (κ2) is 10.6. The van der Waals surface area contributed by atoms with Crippen LogP contribution in [0.4, 0.5) is 5.69 Å². The molecule has 8 heteroatoms. The third-order valence-corrected chi connectivity index (χ3v) is 4.99. The summed E-state index contributed by atoms with van der Waals surface area (Å²) in [5.41, 5.74) is 0.684. The summed E-state index contributed by atoms with van der Waals surface area (Å²) in [4.78, 5) is 29.9. The van der Waals surface area contributed by atoms with E-state index < -0.39 is 17.9 Å². The van der Waals surface area contributed by atoms with E-state index in [0.29, 0.717) is 27.8 Å². The number of hydrogen-bond acceptors (Lipinski definition) is 5. The molecule has 0 bridgehead atoms. The zero-order valence-electron chi connectivity index (χ0n) is 18.0. The van der Waals surface area contributed by atoms with Gasteiger partial charge in [0.2, 0.25) is 11.8 Å². The fraction of sp³-hybridized carbons (Fsp3) is 0.208. The van der Waals surface area contributed by atoms with E-state index in [1.807, 2.05) is 13.8 Å². The molecule has 0 spiro atoms. The van der Waals surface area contributed by atoms with E-state index >= 15 is 0 Å². The number of nitrogens with zero attached hydrogens (tertiary/aromatic N) is 1. The van der Waals surface area contributed by atoms with E-state index in [0.717, 1.165) is 0 Å². The highest BCUT2D eigenvalue weighted by molar-refractivity contribution is 6.33. The molecule has 0 aliphatic heterocycles. The standard InChI is InChI=1S/C24H24ClN3O4/c1-15(2)21(28-22(29)18-7-4-5-8-19(18)25)23(30)27-20-9-6-14-26-24(20)32-17-12-10-16(31-3)11-13-17/h4-15,21H,1-3H3,(H,27,30)(H,28,29). The molecule has 1 unspecified atom stereocenters. The molecule has 0 aliphatic carbocycles. The second-order valence-electron chi connectivity index (χ2n) is 7.30. The fourth-order valence-corrected chi connectivity index (χ4v) is 3.15. The molecule has 3 aromatic rings. The molecule has 0 saturated carbocycles. The molecule has 2 N–H and O–H groups in total. The maximum Gasteiger partial charge on any atom is 0.253 e. The number of benzene rings is 2. The highest BCUT2D eigenvalue weighted by Crippen LogP contribution is 2.28. The summed E-state index contributed by atoms with van der Waals surface area (Å²) in [7, 11) is 1.58. The molecule has 1 aromatic heterocycles. The van der Waals surface area contributed by atoms with Crippen molar-refractivity contribution in [2.45, 2.75) is 19.9 Å². The number of hydrogen-bond donors (Lipinski definition) is 2. The lowest BCUT2D eigenvalue weighted by atomic mass is 10.0. The van der Waals surface area contributed by atoms with Crippen molar-refractivity contribution in [3.05, 3.63) is 77.4 Å². The summed E-state index contributed by atoms with van der Waals surface area (Å²) in [6.45, 7) is 3.68. The molecular weight excluding hydrogens is 430 g/mol. The van der Waals surface area contributed by atoms with Gasteiger partial charge in [-0.25, -0.2) is 4.98 Å². The van der Waals surface area contributed by atoms with Crippen LogP contribution in [0.3, 0.4) is 0 Å². The van der Waals surface area contributed by atoms with Crippen molar-refractivity contribution in [2.75, 3.05) is 12.4 Å². The number of aromatic nitrogens is 1. The Kier molecular flexibility index (Phi) is 7.68. The van der Waals surface area contributed by atoms with Crippen molar-refractivity contribution in [1.82, 2.24) is 10.3 Å². The Labute approximate surface area is 191 Å². The van der Waals surface area contributed by atoms with Gasteiger partial charge in [-0.2, -0.15) is 0 Å². The normalized spacial score (nSPS) is 11.5. The van der Waals surface area contributed by atoms with Crippen LogP contribution in [0.2, 0.25) is 5.02 Å². The average molecular weight is 454 g/mol. The topological polar surface area (TPSA) is 89.6 Å². The van der Waals surface area contributed by atoms with Crippen LogP contribution in [0.5, 0.6) is 17.4 Å². The molecule has 0 radical (unpaired) electrons. The van der Waals surface area contributed by atoms with Crippen molar-refractivity contribution < 1.29 is 19.1 Å². The fourth-order valence-electron chi connectivity index (χ4n) is 2.93. The SMILES string of the molecule is COc1ccc(Oc2ncccc2NC(=O)C(NC(=O)c2ccccc2Cl)C(C)C)cc1. The predicted molar refractivity (Wildman–Crippen MR) is 123 cm³/mol. The summed E-state index contributed by atoms with van der Waals surface area (Å²) in [6, 6.07) is 16.2. The van der Waals surface area contributed by atoms with E-state index in [1.165, 1.54) is 0 Å². The Hall–Kier alpha value is -3.58. The van der Waals surface area contributed by atoms with Crippen molar-refractivity contribution in [1.29, 1.82) is 0 Å². The van der Waals surface area contributed by atoms with Crippen LogP contribution in [-0.2, 0) is 4.79 Å². The van der Waals surface area contributed by atoms with Crippen LogP contribution in [0.25, 0.3) is 0 Å². The van der Waals surface area contributed by atoms with Gasteiger partial charge < -0.3 is 20.1 Å². The van der Waals surface area contributed by atoms with Gasteiger partial charge in [-0.15, -0.1) is 0 Å². The van der Waals surface area contributed by atoms with Crippen LogP contribution >= 0.6 is 11.6 Å². The number of carbonyl (C=O) groups is 2. The molecule has 2 amide bonds.